The van der Waals surface area contributed by atoms with Crippen LogP contribution in [0.25, 0.3) is 0 Å². The van der Waals surface area contributed by atoms with E-state index in [9.17, 15) is 18.3 Å². The maximum Gasteiger partial charge on any atom is 0.246 e. The Morgan fingerprint density at radius 1 is 1.47 bits per heavy atom. The van der Waals surface area contributed by atoms with Gasteiger partial charge in [-0.15, -0.1) is 0 Å². The SMILES string of the molecule is NC(=O)C1CC(O)CN1S(=O)(=O)c1cnc(Cl)nc1. The largest absolute Gasteiger partial charge is 0.392 e. The Hall–Kier alpha value is -1.29. The monoisotopic (exact) mass is 306 g/mol. The minimum atomic E-state index is -3.99. The molecule has 1 amide bonds. The van der Waals surface area contributed by atoms with Crippen molar-refractivity contribution in [2.45, 2.75) is 23.5 Å². The normalized spacial score (nSPS) is 24.5. The van der Waals surface area contributed by atoms with Gasteiger partial charge in [-0.3, -0.25) is 4.79 Å². The molecule has 2 rings (SSSR count). The van der Waals surface area contributed by atoms with Crippen LogP contribution in [0.4, 0.5) is 0 Å². The lowest BCUT2D eigenvalue weighted by Gasteiger charge is -2.20. The van der Waals surface area contributed by atoms with E-state index in [-0.39, 0.29) is 23.1 Å². The third kappa shape index (κ3) is 2.68. The number of hydrogen-bond donors (Lipinski definition) is 2. The van der Waals surface area contributed by atoms with Gasteiger partial charge in [-0.25, -0.2) is 18.4 Å². The van der Waals surface area contributed by atoms with Crippen molar-refractivity contribution in [3.05, 3.63) is 17.7 Å². The van der Waals surface area contributed by atoms with E-state index in [2.05, 4.69) is 9.97 Å². The van der Waals surface area contributed by atoms with Gasteiger partial charge in [0.1, 0.15) is 10.9 Å². The second kappa shape index (κ2) is 5.00. The van der Waals surface area contributed by atoms with Crippen LogP contribution in [-0.2, 0) is 14.8 Å². The molecule has 2 heterocycles. The number of carbonyl (C=O) groups is 1. The number of rotatable bonds is 3. The van der Waals surface area contributed by atoms with Crippen LogP contribution in [-0.4, -0.2) is 52.4 Å². The summed E-state index contributed by atoms with van der Waals surface area (Å²) in [7, 11) is -3.99. The van der Waals surface area contributed by atoms with Crippen LogP contribution in [0.15, 0.2) is 17.3 Å². The van der Waals surface area contributed by atoms with Gasteiger partial charge < -0.3 is 10.8 Å². The van der Waals surface area contributed by atoms with Gasteiger partial charge >= 0.3 is 0 Å². The Kier molecular flexibility index (Phi) is 3.72. The van der Waals surface area contributed by atoms with Gasteiger partial charge in [-0.05, 0) is 11.6 Å². The molecule has 1 saturated heterocycles. The molecule has 0 radical (unpaired) electrons. The molecule has 2 atom stereocenters. The molecule has 2 unspecified atom stereocenters. The van der Waals surface area contributed by atoms with Crippen molar-refractivity contribution in [1.29, 1.82) is 0 Å². The van der Waals surface area contributed by atoms with Gasteiger partial charge in [0.25, 0.3) is 0 Å². The molecular weight excluding hydrogens is 296 g/mol. The first kappa shape index (κ1) is 14.1. The van der Waals surface area contributed by atoms with Gasteiger partial charge in [0, 0.05) is 13.0 Å². The molecule has 19 heavy (non-hydrogen) atoms. The number of sulfonamides is 1. The number of nitrogens with two attached hydrogens (primary N) is 1. The quantitative estimate of drug-likeness (QED) is 0.671. The highest BCUT2D eigenvalue weighted by Gasteiger charge is 2.42. The lowest BCUT2D eigenvalue weighted by molar-refractivity contribution is -0.121. The molecule has 0 bridgehead atoms. The molecule has 1 fully saturated rings. The van der Waals surface area contributed by atoms with E-state index in [1.807, 2.05) is 0 Å². The molecule has 1 aromatic rings. The molecule has 0 spiro atoms. The lowest BCUT2D eigenvalue weighted by Crippen LogP contribution is -2.43. The van der Waals surface area contributed by atoms with Crippen LogP contribution >= 0.6 is 11.6 Å². The minimum Gasteiger partial charge on any atom is -0.392 e. The summed E-state index contributed by atoms with van der Waals surface area (Å²) in [6, 6.07) is -1.07. The fraction of sp³-hybridized carbons (Fsp3) is 0.444. The molecular formula is C9H11ClN4O4S. The molecule has 0 aliphatic carbocycles. The Balaban J connectivity index is 2.38. The summed E-state index contributed by atoms with van der Waals surface area (Å²) in [5, 5.41) is 9.42. The number of halogens is 1. The van der Waals surface area contributed by atoms with Gasteiger partial charge in [0.05, 0.1) is 18.5 Å². The highest BCUT2D eigenvalue weighted by Crippen LogP contribution is 2.25. The summed E-state index contributed by atoms with van der Waals surface area (Å²) in [5.41, 5.74) is 5.14. The molecule has 8 nitrogen and oxygen atoms in total. The van der Waals surface area contributed by atoms with Crippen LogP contribution in [0.3, 0.4) is 0 Å². The third-order valence-electron chi connectivity index (χ3n) is 2.77. The smallest absolute Gasteiger partial charge is 0.246 e. The van der Waals surface area contributed by atoms with Gasteiger partial charge in [-0.2, -0.15) is 4.31 Å². The summed E-state index contributed by atoms with van der Waals surface area (Å²) in [5.74, 6) is -0.810. The molecule has 0 saturated carbocycles. The first-order chi connectivity index (χ1) is 8.82. The Labute approximate surface area is 114 Å². The first-order valence-electron chi connectivity index (χ1n) is 5.29. The number of amides is 1. The van der Waals surface area contributed by atoms with E-state index in [0.29, 0.717) is 0 Å². The van der Waals surface area contributed by atoms with Crippen LogP contribution in [0.1, 0.15) is 6.42 Å². The predicted octanol–water partition coefficient (Wildman–Crippen LogP) is -1.26. The zero-order valence-electron chi connectivity index (χ0n) is 9.60. The highest BCUT2D eigenvalue weighted by atomic mass is 35.5. The highest BCUT2D eigenvalue weighted by molar-refractivity contribution is 7.89. The number of β-amino-alcohol motifs (C(OH)–C–C–N with tert-alkyl or cyclic N) is 1. The zero-order chi connectivity index (χ0) is 14.2. The van der Waals surface area contributed by atoms with Crippen LogP contribution in [0.5, 0.6) is 0 Å². The predicted molar refractivity (Wildman–Crippen MR) is 64.5 cm³/mol. The van der Waals surface area contributed by atoms with E-state index in [4.69, 9.17) is 17.3 Å². The van der Waals surface area contributed by atoms with E-state index in [1.165, 1.54) is 0 Å². The van der Waals surface area contributed by atoms with Crippen molar-refractivity contribution in [3.8, 4) is 0 Å². The Bertz CT molecular complexity index is 591. The number of aromatic nitrogens is 2. The topological polar surface area (TPSA) is 126 Å². The van der Waals surface area contributed by atoms with E-state index >= 15 is 0 Å². The molecule has 1 aromatic heterocycles. The van der Waals surface area contributed by atoms with Crippen molar-refractivity contribution in [2.24, 2.45) is 5.73 Å². The number of aliphatic hydroxyl groups is 1. The van der Waals surface area contributed by atoms with Crippen LogP contribution < -0.4 is 5.73 Å². The fourth-order valence-corrected chi connectivity index (χ4v) is 3.51. The van der Waals surface area contributed by atoms with Gasteiger partial charge in [0.15, 0.2) is 0 Å². The van der Waals surface area contributed by atoms with Gasteiger partial charge in [0.2, 0.25) is 21.2 Å². The van der Waals surface area contributed by atoms with Crippen molar-refractivity contribution >= 4 is 27.5 Å². The summed E-state index contributed by atoms with van der Waals surface area (Å²) in [6.07, 6.45) is 1.12. The number of primary amides is 1. The van der Waals surface area contributed by atoms with Crippen molar-refractivity contribution < 1.29 is 18.3 Å². The lowest BCUT2D eigenvalue weighted by atomic mass is 10.2. The van der Waals surface area contributed by atoms with Crippen molar-refractivity contribution in [1.82, 2.24) is 14.3 Å². The maximum atomic E-state index is 12.3. The second-order valence-corrected chi connectivity index (χ2v) is 6.30. The second-order valence-electron chi connectivity index (χ2n) is 4.07. The van der Waals surface area contributed by atoms with Gasteiger partial charge in [-0.1, -0.05) is 0 Å². The molecule has 0 aromatic carbocycles. The van der Waals surface area contributed by atoms with E-state index in [0.717, 1.165) is 16.7 Å². The van der Waals surface area contributed by atoms with Crippen molar-refractivity contribution in [2.75, 3.05) is 6.54 Å². The fourth-order valence-electron chi connectivity index (χ4n) is 1.88. The molecule has 10 heteroatoms. The van der Waals surface area contributed by atoms with Crippen LogP contribution in [0, 0.1) is 0 Å². The van der Waals surface area contributed by atoms with E-state index in [1.54, 1.807) is 0 Å². The zero-order valence-corrected chi connectivity index (χ0v) is 11.2. The summed E-state index contributed by atoms with van der Waals surface area (Å²) < 4.78 is 25.4. The number of aliphatic hydroxyl groups excluding tert-OH is 1. The number of hydrogen-bond acceptors (Lipinski definition) is 6. The van der Waals surface area contributed by atoms with Crippen LogP contribution in [0.2, 0.25) is 5.28 Å². The molecule has 104 valence electrons. The average Bonchev–Trinajstić information content (AvgIpc) is 2.73. The Morgan fingerprint density at radius 3 is 2.58 bits per heavy atom. The average molecular weight is 307 g/mol. The Morgan fingerprint density at radius 2 is 2.05 bits per heavy atom. The molecule has 1 aliphatic heterocycles. The number of carbonyl (C=O) groups excluding carboxylic acids is 1. The van der Waals surface area contributed by atoms with Crippen molar-refractivity contribution in [3.63, 3.8) is 0 Å². The standard InChI is InChI=1S/C9H11ClN4O4S/c10-9-12-2-6(3-13-9)19(17,18)14-4-5(15)1-7(14)8(11)16/h2-3,5,7,15H,1,4H2,(H2,11,16). The maximum absolute atomic E-state index is 12.3. The third-order valence-corrected chi connectivity index (χ3v) is 4.79. The summed E-state index contributed by atoms with van der Waals surface area (Å²) in [4.78, 5) is 18.2. The van der Waals surface area contributed by atoms with E-state index < -0.39 is 28.1 Å². The first-order valence-corrected chi connectivity index (χ1v) is 7.11. The summed E-state index contributed by atoms with van der Waals surface area (Å²) >= 11 is 5.48. The number of nitrogens with zero attached hydrogens (tertiary/aromatic N) is 3. The molecule has 1 aliphatic rings. The summed E-state index contributed by atoms with van der Waals surface area (Å²) in [6.45, 7) is -0.196. The molecule has 3 N–H and O–H groups in total. The minimum absolute atomic E-state index is 0.0248.